The van der Waals surface area contributed by atoms with E-state index in [9.17, 15) is 0 Å². The smallest absolute Gasteiger partial charge is 0.0178 e. The molecule has 1 aliphatic rings. The SMILES string of the molecule is Brc1ccc(I)c(C2CC2)c1. The van der Waals surface area contributed by atoms with Crippen LogP contribution in [0.25, 0.3) is 0 Å². The predicted molar refractivity (Wildman–Crippen MR) is 58.8 cm³/mol. The van der Waals surface area contributed by atoms with Crippen LogP contribution in [0.4, 0.5) is 0 Å². The van der Waals surface area contributed by atoms with Gasteiger partial charge < -0.3 is 0 Å². The van der Waals surface area contributed by atoms with Crippen molar-refractivity contribution in [2.75, 3.05) is 0 Å². The fraction of sp³-hybridized carbons (Fsp3) is 0.333. The second kappa shape index (κ2) is 3.05. The monoisotopic (exact) mass is 322 g/mol. The van der Waals surface area contributed by atoms with Gasteiger partial charge in [-0.3, -0.25) is 0 Å². The van der Waals surface area contributed by atoms with Gasteiger partial charge in [-0.15, -0.1) is 0 Å². The molecule has 58 valence electrons. The van der Waals surface area contributed by atoms with Crippen LogP contribution in [0.1, 0.15) is 24.3 Å². The van der Waals surface area contributed by atoms with Gasteiger partial charge in [0.25, 0.3) is 0 Å². The number of hydrogen-bond donors (Lipinski definition) is 0. The molecule has 1 aromatic rings. The summed E-state index contributed by atoms with van der Waals surface area (Å²) in [5.41, 5.74) is 1.53. The van der Waals surface area contributed by atoms with E-state index in [-0.39, 0.29) is 0 Å². The van der Waals surface area contributed by atoms with E-state index < -0.39 is 0 Å². The first-order valence-corrected chi connectivity index (χ1v) is 5.59. The quantitative estimate of drug-likeness (QED) is 0.687. The average Bonchev–Trinajstić information content (AvgIpc) is 2.76. The van der Waals surface area contributed by atoms with E-state index in [1.165, 1.54) is 26.4 Å². The largest absolute Gasteiger partial charge is 0.0508 e. The summed E-state index contributed by atoms with van der Waals surface area (Å²) in [6, 6.07) is 6.53. The Labute approximate surface area is 88.6 Å². The van der Waals surface area contributed by atoms with Crippen molar-refractivity contribution in [1.82, 2.24) is 0 Å². The summed E-state index contributed by atoms with van der Waals surface area (Å²) >= 11 is 5.90. The summed E-state index contributed by atoms with van der Waals surface area (Å²) in [7, 11) is 0. The minimum atomic E-state index is 0.861. The van der Waals surface area contributed by atoms with Gasteiger partial charge in [0.05, 0.1) is 0 Å². The van der Waals surface area contributed by atoms with Gasteiger partial charge >= 0.3 is 0 Å². The molecule has 0 aromatic heterocycles. The highest BCUT2D eigenvalue weighted by atomic mass is 127. The number of benzene rings is 1. The Balaban J connectivity index is 2.42. The van der Waals surface area contributed by atoms with Crippen molar-refractivity contribution in [1.29, 1.82) is 0 Å². The van der Waals surface area contributed by atoms with E-state index in [0.29, 0.717) is 0 Å². The predicted octanol–water partition coefficient (Wildman–Crippen LogP) is 3.93. The summed E-state index contributed by atoms with van der Waals surface area (Å²) < 4.78 is 2.62. The van der Waals surface area contributed by atoms with Crippen LogP contribution < -0.4 is 0 Å². The molecular weight excluding hydrogens is 315 g/mol. The standard InChI is InChI=1S/C9H8BrI/c10-7-3-4-9(11)8(5-7)6-1-2-6/h3-6H,1-2H2. The minimum absolute atomic E-state index is 0.861. The molecule has 1 saturated carbocycles. The Morgan fingerprint density at radius 2 is 2.09 bits per heavy atom. The Morgan fingerprint density at radius 3 is 2.73 bits per heavy atom. The van der Waals surface area contributed by atoms with Crippen molar-refractivity contribution in [3.05, 3.63) is 31.8 Å². The van der Waals surface area contributed by atoms with Crippen molar-refractivity contribution in [2.24, 2.45) is 0 Å². The maximum absolute atomic E-state index is 3.49. The highest BCUT2D eigenvalue weighted by Gasteiger charge is 2.25. The Hall–Kier alpha value is 0.430. The van der Waals surface area contributed by atoms with Crippen LogP contribution in [0.15, 0.2) is 22.7 Å². The molecule has 0 radical (unpaired) electrons. The lowest BCUT2D eigenvalue weighted by molar-refractivity contribution is 1.11. The first kappa shape index (κ1) is 8.05. The molecule has 0 unspecified atom stereocenters. The third-order valence-electron chi connectivity index (χ3n) is 1.98. The number of hydrogen-bond acceptors (Lipinski definition) is 0. The molecule has 2 rings (SSSR count). The van der Waals surface area contributed by atoms with Crippen LogP contribution in [0.3, 0.4) is 0 Å². The summed E-state index contributed by atoms with van der Waals surface area (Å²) in [5, 5.41) is 0. The molecule has 11 heavy (non-hydrogen) atoms. The zero-order chi connectivity index (χ0) is 7.84. The summed E-state index contributed by atoms with van der Waals surface area (Å²) in [4.78, 5) is 0. The lowest BCUT2D eigenvalue weighted by Crippen LogP contribution is -1.84. The van der Waals surface area contributed by atoms with Gasteiger partial charge in [0.1, 0.15) is 0 Å². The molecule has 0 nitrogen and oxygen atoms in total. The second-order valence-corrected chi connectivity index (χ2v) is 5.02. The lowest BCUT2D eigenvalue weighted by Gasteiger charge is -2.01. The zero-order valence-corrected chi connectivity index (χ0v) is 9.72. The molecule has 0 heterocycles. The average molecular weight is 323 g/mol. The normalized spacial score (nSPS) is 16.9. The number of rotatable bonds is 1. The molecule has 1 aromatic carbocycles. The van der Waals surface area contributed by atoms with E-state index >= 15 is 0 Å². The summed E-state index contributed by atoms with van der Waals surface area (Å²) in [6.07, 6.45) is 2.76. The molecule has 2 heteroatoms. The maximum Gasteiger partial charge on any atom is 0.0178 e. The van der Waals surface area contributed by atoms with E-state index in [1.807, 2.05) is 0 Å². The molecule has 1 aliphatic carbocycles. The first-order chi connectivity index (χ1) is 5.27. The van der Waals surface area contributed by atoms with Crippen molar-refractivity contribution in [3.8, 4) is 0 Å². The fourth-order valence-corrected chi connectivity index (χ4v) is 2.38. The highest BCUT2D eigenvalue weighted by molar-refractivity contribution is 14.1. The molecule has 0 spiro atoms. The molecule has 0 saturated heterocycles. The van der Waals surface area contributed by atoms with Gasteiger partial charge in [-0.25, -0.2) is 0 Å². The Bertz CT molecular complexity index is 279. The van der Waals surface area contributed by atoms with E-state index in [4.69, 9.17) is 0 Å². The molecule has 0 amide bonds. The van der Waals surface area contributed by atoms with Gasteiger partial charge in [-0.2, -0.15) is 0 Å². The van der Waals surface area contributed by atoms with Gasteiger partial charge in [0.2, 0.25) is 0 Å². The van der Waals surface area contributed by atoms with Crippen molar-refractivity contribution in [2.45, 2.75) is 18.8 Å². The molecule has 0 atom stereocenters. The van der Waals surface area contributed by atoms with Gasteiger partial charge in [0.15, 0.2) is 0 Å². The maximum atomic E-state index is 3.49. The topological polar surface area (TPSA) is 0 Å². The van der Waals surface area contributed by atoms with Gasteiger partial charge in [-0.05, 0) is 65.1 Å². The molecule has 0 N–H and O–H groups in total. The molecule has 0 bridgehead atoms. The molecule has 0 aliphatic heterocycles. The van der Waals surface area contributed by atoms with Gasteiger partial charge in [-0.1, -0.05) is 15.9 Å². The van der Waals surface area contributed by atoms with Crippen LogP contribution in [0.5, 0.6) is 0 Å². The van der Waals surface area contributed by atoms with Crippen molar-refractivity contribution < 1.29 is 0 Å². The van der Waals surface area contributed by atoms with Crippen LogP contribution in [0.2, 0.25) is 0 Å². The second-order valence-electron chi connectivity index (χ2n) is 2.94. The van der Waals surface area contributed by atoms with Crippen LogP contribution in [-0.4, -0.2) is 0 Å². The molecular formula is C9H8BrI. The van der Waals surface area contributed by atoms with Crippen LogP contribution in [0, 0.1) is 3.57 Å². The fourth-order valence-electron chi connectivity index (χ4n) is 1.22. The molecule has 1 fully saturated rings. The highest BCUT2D eigenvalue weighted by Crippen LogP contribution is 2.42. The lowest BCUT2D eigenvalue weighted by atomic mass is 10.1. The third kappa shape index (κ3) is 1.78. The number of halogens is 2. The summed E-state index contributed by atoms with van der Waals surface area (Å²) in [6.45, 7) is 0. The van der Waals surface area contributed by atoms with Crippen LogP contribution in [-0.2, 0) is 0 Å². The Morgan fingerprint density at radius 1 is 1.36 bits per heavy atom. The third-order valence-corrected chi connectivity index (χ3v) is 3.45. The van der Waals surface area contributed by atoms with Crippen molar-refractivity contribution in [3.63, 3.8) is 0 Å². The van der Waals surface area contributed by atoms with Crippen molar-refractivity contribution >= 4 is 38.5 Å². The zero-order valence-electron chi connectivity index (χ0n) is 5.98. The first-order valence-electron chi connectivity index (χ1n) is 3.72. The van der Waals surface area contributed by atoms with Gasteiger partial charge in [0, 0.05) is 8.04 Å². The summed E-state index contributed by atoms with van der Waals surface area (Å²) in [5.74, 6) is 0.861. The van der Waals surface area contributed by atoms with E-state index in [0.717, 1.165) is 5.92 Å². The van der Waals surface area contributed by atoms with E-state index in [2.05, 4.69) is 56.7 Å². The van der Waals surface area contributed by atoms with Crippen LogP contribution >= 0.6 is 38.5 Å². The Kier molecular flexibility index (Phi) is 2.23. The minimum Gasteiger partial charge on any atom is -0.0508 e. The van der Waals surface area contributed by atoms with E-state index in [1.54, 1.807) is 0 Å².